The molecule has 2 aliphatic rings. The average Bonchev–Trinajstić information content (AvgIpc) is 3.30. The van der Waals surface area contributed by atoms with Crippen LogP contribution in [0.4, 0.5) is 4.79 Å². The summed E-state index contributed by atoms with van der Waals surface area (Å²) in [5, 5.41) is 11.1. The number of rotatable bonds is 4. The number of furan rings is 1. The number of aromatic nitrogens is 2. The summed E-state index contributed by atoms with van der Waals surface area (Å²) < 4.78 is 11.1. The lowest BCUT2D eigenvalue weighted by atomic mass is 10.0. The Morgan fingerprint density at radius 1 is 1.29 bits per heavy atom. The number of hydrogen-bond donors (Lipinski definition) is 1. The molecule has 24 heavy (non-hydrogen) atoms. The van der Waals surface area contributed by atoms with Gasteiger partial charge in [-0.3, -0.25) is 4.90 Å². The number of piperidine rings is 1. The monoisotopic (exact) mass is 331 g/mol. The second kappa shape index (κ2) is 6.27. The Labute approximate surface area is 139 Å². The van der Waals surface area contributed by atoms with Gasteiger partial charge in [0.05, 0.1) is 12.8 Å². The second-order valence-corrected chi connectivity index (χ2v) is 6.37. The van der Waals surface area contributed by atoms with Crippen molar-refractivity contribution in [3.8, 4) is 11.7 Å². The second-order valence-electron chi connectivity index (χ2n) is 6.37. The van der Waals surface area contributed by atoms with Crippen molar-refractivity contribution in [2.24, 2.45) is 0 Å². The maximum Gasteiger partial charge on any atom is 0.317 e. The van der Waals surface area contributed by atoms with Gasteiger partial charge in [-0.2, -0.15) is 0 Å². The molecule has 0 atom stereocenters. The van der Waals surface area contributed by atoms with E-state index in [1.807, 2.05) is 17.9 Å². The molecule has 0 radical (unpaired) electrons. The predicted molar refractivity (Wildman–Crippen MR) is 85.1 cm³/mol. The summed E-state index contributed by atoms with van der Waals surface area (Å²) >= 11 is 0. The SMILES string of the molecule is Cc1ccoc1-c1nnc(CN2CCC(N3CCNC3=O)CC2)o1. The largest absolute Gasteiger partial charge is 0.459 e. The van der Waals surface area contributed by atoms with Crippen LogP contribution in [-0.4, -0.2) is 58.2 Å². The van der Waals surface area contributed by atoms with Gasteiger partial charge in [0.15, 0.2) is 5.76 Å². The molecule has 1 N–H and O–H groups in total. The summed E-state index contributed by atoms with van der Waals surface area (Å²) in [5.74, 6) is 1.65. The van der Waals surface area contributed by atoms with Crippen LogP contribution in [0.15, 0.2) is 21.2 Å². The molecule has 2 fully saturated rings. The van der Waals surface area contributed by atoms with Crippen molar-refractivity contribution >= 4 is 6.03 Å². The van der Waals surface area contributed by atoms with Crippen LogP contribution in [0, 0.1) is 6.92 Å². The van der Waals surface area contributed by atoms with Crippen LogP contribution in [0.3, 0.4) is 0 Å². The third kappa shape index (κ3) is 2.89. The lowest BCUT2D eigenvalue weighted by molar-refractivity contribution is 0.126. The highest BCUT2D eigenvalue weighted by Crippen LogP contribution is 2.24. The van der Waals surface area contributed by atoms with E-state index in [0.29, 0.717) is 30.1 Å². The van der Waals surface area contributed by atoms with Crippen molar-refractivity contribution in [2.75, 3.05) is 26.2 Å². The van der Waals surface area contributed by atoms with Gasteiger partial charge in [0.1, 0.15) is 0 Å². The van der Waals surface area contributed by atoms with Crippen LogP contribution in [0.1, 0.15) is 24.3 Å². The first-order chi connectivity index (χ1) is 11.7. The molecule has 8 heteroatoms. The first-order valence-electron chi connectivity index (χ1n) is 8.34. The topological polar surface area (TPSA) is 87.6 Å². The lowest BCUT2D eigenvalue weighted by Crippen LogP contribution is -2.45. The number of likely N-dealkylation sites (tertiary alicyclic amines) is 1. The van der Waals surface area contributed by atoms with Crippen molar-refractivity contribution in [3.05, 3.63) is 23.8 Å². The van der Waals surface area contributed by atoms with Gasteiger partial charge in [0.2, 0.25) is 5.89 Å². The summed E-state index contributed by atoms with van der Waals surface area (Å²) in [4.78, 5) is 16.0. The van der Waals surface area contributed by atoms with E-state index in [4.69, 9.17) is 8.83 Å². The van der Waals surface area contributed by atoms with Gasteiger partial charge in [-0.15, -0.1) is 10.2 Å². The van der Waals surface area contributed by atoms with Crippen molar-refractivity contribution < 1.29 is 13.6 Å². The van der Waals surface area contributed by atoms with Crippen LogP contribution in [0.2, 0.25) is 0 Å². The number of hydrogen-bond acceptors (Lipinski definition) is 6. The van der Waals surface area contributed by atoms with E-state index in [-0.39, 0.29) is 6.03 Å². The van der Waals surface area contributed by atoms with E-state index < -0.39 is 0 Å². The Hall–Kier alpha value is -2.35. The normalized spacial score (nSPS) is 19.9. The Morgan fingerprint density at radius 2 is 2.12 bits per heavy atom. The molecule has 8 nitrogen and oxygen atoms in total. The minimum atomic E-state index is 0.0730. The number of nitrogens with one attached hydrogen (secondary N) is 1. The van der Waals surface area contributed by atoms with E-state index in [1.165, 1.54) is 0 Å². The highest BCUT2D eigenvalue weighted by Gasteiger charge is 2.31. The number of urea groups is 1. The number of amides is 2. The first kappa shape index (κ1) is 15.2. The number of aryl methyl sites for hydroxylation is 1. The quantitative estimate of drug-likeness (QED) is 0.916. The Kier molecular flexibility index (Phi) is 3.97. The Bertz CT molecular complexity index is 717. The highest BCUT2D eigenvalue weighted by atomic mass is 16.4. The molecule has 4 heterocycles. The number of carbonyl (C=O) groups excluding carboxylic acids is 1. The first-order valence-corrected chi connectivity index (χ1v) is 8.34. The molecule has 2 aromatic heterocycles. The molecular formula is C16H21N5O3. The van der Waals surface area contributed by atoms with Gasteiger partial charge < -0.3 is 19.1 Å². The van der Waals surface area contributed by atoms with Gasteiger partial charge in [0.25, 0.3) is 5.89 Å². The number of nitrogens with zero attached hydrogens (tertiary/aromatic N) is 4. The predicted octanol–water partition coefficient (Wildman–Crippen LogP) is 1.63. The summed E-state index contributed by atoms with van der Waals surface area (Å²) in [6.07, 6.45) is 3.57. The molecule has 0 bridgehead atoms. The fourth-order valence-electron chi connectivity index (χ4n) is 3.42. The molecule has 0 saturated carbocycles. The summed E-state index contributed by atoms with van der Waals surface area (Å²) in [6, 6.07) is 2.29. The molecule has 0 unspecified atom stereocenters. The number of carbonyl (C=O) groups is 1. The summed E-state index contributed by atoms with van der Waals surface area (Å²) in [6.45, 7) is 6.00. The fourth-order valence-corrected chi connectivity index (χ4v) is 3.42. The zero-order chi connectivity index (χ0) is 16.5. The molecule has 128 valence electrons. The van der Waals surface area contributed by atoms with Crippen LogP contribution in [0.25, 0.3) is 11.7 Å². The zero-order valence-electron chi connectivity index (χ0n) is 13.7. The maximum atomic E-state index is 11.7. The van der Waals surface area contributed by atoms with Crippen LogP contribution < -0.4 is 5.32 Å². The standard InChI is InChI=1S/C16H21N5O3/c1-11-4-9-23-14(11)15-19-18-13(24-15)10-20-6-2-12(3-7-20)21-8-5-17-16(21)22/h4,9,12H,2-3,5-8,10H2,1H3,(H,17,22). The van der Waals surface area contributed by atoms with Gasteiger partial charge in [-0.25, -0.2) is 4.79 Å². The third-order valence-corrected chi connectivity index (χ3v) is 4.77. The molecule has 2 aliphatic heterocycles. The zero-order valence-corrected chi connectivity index (χ0v) is 13.7. The van der Waals surface area contributed by atoms with Gasteiger partial charge in [-0.1, -0.05) is 0 Å². The molecule has 2 amide bonds. The smallest absolute Gasteiger partial charge is 0.317 e. The van der Waals surface area contributed by atoms with Crippen LogP contribution >= 0.6 is 0 Å². The van der Waals surface area contributed by atoms with Crippen molar-refractivity contribution in [2.45, 2.75) is 32.4 Å². The maximum absolute atomic E-state index is 11.7. The van der Waals surface area contributed by atoms with Gasteiger partial charge >= 0.3 is 6.03 Å². The Balaban J connectivity index is 1.33. The van der Waals surface area contributed by atoms with E-state index in [0.717, 1.165) is 44.6 Å². The minimum Gasteiger partial charge on any atom is -0.459 e. The molecule has 2 saturated heterocycles. The average molecular weight is 331 g/mol. The third-order valence-electron chi connectivity index (χ3n) is 4.77. The Morgan fingerprint density at radius 3 is 2.79 bits per heavy atom. The van der Waals surface area contributed by atoms with E-state index >= 15 is 0 Å². The van der Waals surface area contributed by atoms with Crippen molar-refractivity contribution in [3.63, 3.8) is 0 Å². The fraction of sp³-hybridized carbons (Fsp3) is 0.562. The van der Waals surface area contributed by atoms with E-state index in [9.17, 15) is 4.79 Å². The molecule has 0 aromatic carbocycles. The molecule has 2 aromatic rings. The summed E-state index contributed by atoms with van der Waals surface area (Å²) in [7, 11) is 0. The van der Waals surface area contributed by atoms with Crippen molar-refractivity contribution in [1.29, 1.82) is 0 Å². The molecule has 0 aliphatic carbocycles. The van der Waals surface area contributed by atoms with E-state index in [1.54, 1.807) is 6.26 Å². The van der Waals surface area contributed by atoms with Gasteiger partial charge in [-0.05, 0) is 25.8 Å². The van der Waals surface area contributed by atoms with E-state index in [2.05, 4.69) is 20.4 Å². The van der Waals surface area contributed by atoms with Crippen LogP contribution in [0.5, 0.6) is 0 Å². The highest BCUT2D eigenvalue weighted by molar-refractivity contribution is 5.76. The van der Waals surface area contributed by atoms with Gasteiger partial charge in [0, 0.05) is 37.8 Å². The summed E-state index contributed by atoms with van der Waals surface area (Å²) in [5.41, 5.74) is 0.981. The lowest BCUT2D eigenvalue weighted by Gasteiger charge is -2.35. The molecular weight excluding hydrogens is 310 g/mol. The molecule has 0 spiro atoms. The molecule has 4 rings (SSSR count). The van der Waals surface area contributed by atoms with Crippen LogP contribution in [-0.2, 0) is 6.54 Å². The minimum absolute atomic E-state index is 0.0730. The van der Waals surface area contributed by atoms with Crippen molar-refractivity contribution in [1.82, 2.24) is 25.3 Å².